The second kappa shape index (κ2) is 12.8. The van der Waals surface area contributed by atoms with Crippen LogP contribution in [0.3, 0.4) is 0 Å². The van der Waals surface area contributed by atoms with Gasteiger partial charge in [-0.1, -0.05) is 43.7 Å². The van der Waals surface area contributed by atoms with Gasteiger partial charge in [0.1, 0.15) is 10.9 Å². The molecule has 5 rings (SSSR count). The van der Waals surface area contributed by atoms with Crippen molar-refractivity contribution in [2.45, 2.75) is 75.9 Å². The maximum atomic E-state index is 14.3. The molecule has 210 valence electrons. The number of hydrogen-bond acceptors (Lipinski definition) is 7. The number of nitrogens with one attached hydrogen (secondary N) is 2. The van der Waals surface area contributed by atoms with Crippen LogP contribution in [0.4, 0.5) is 11.4 Å². The number of rotatable bonds is 8. The minimum atomic E-state index is -1.02. The number of carbonyl (C=O) groups is 3. The van der Waals surface area contributed by atoms with Crippen molar-refractivity contribution >= 4 is 52.2 Å². The van der Waals surface area contributed by atoms with E-state index < -0.39 is 11.9 Å². The summed E-state index contributed by atoms with van der Waals surface area (Å²) >= 11 is 7.03. The third-order valence-corrected chi connectivity index (χ3v) is 8.73. The topological polar surface area (TPSA) is 130 Å². The first-order chi connectivity index (χ1) is 19.4. The highest BCUT2D eigenvalue weighted by molar-refractivity contribution is 7.09. The van der Waals surface area contributed by atoms with E-state index in [1.807, 2.05) is 0 Å². The fourth-order valence-corrected chi connectivity index (χ4v) is 6.39. The predicted molar refractivity (Wildman–Crippen MR) is 157 cm³/mol. The van der Waals surface area contributed by atoms with Crippen molar-refractivity contribution in [3.05, 3.63) is 69.9 Å². The van der Waals surface area contributed by atoms with Crippen molar-refractivity contribution in [3.8, 4) is 0 Å². The molecule has 0 bridgehead atoms. The number of nitrogens with two attached hydrogens (primary N) is 1. The summed E-state index contributed by atoms with van der Waals surface area (Å²) in [5.74, 6) is -1.22. The number of aromatic nitrogens is 2. The Morgan fingerprint density at radius 2 is 1.50 bits per heavy atom. The van der Waals surface area contributed by atoms with Gasteiger partial charge in [0.15, 0.2) is 5.69 Å². The molecular formula is C29H33ClN6O3S. The number of nitrogens with zero attached hydrogens (tertiary/aromatic N) is 3. The number of benzene rings is 1. The van der Waals surface area contributed by atoms with Gasteiger partial charge >= 0.3 is 0 Å². The number of carbonyl (C=O) groups excluding carboxylic acids is 3. The molecule has 3 aromatic rings. The minimum absolute atomic E-state index is 0.00644. The van der Waals surface area contributed by atoms with E-state index >= 15 is 0 Å². The number of amides is 3. The van der Waals surface area contributed by atoms with Gasteiger partial charge in [-0.05, 0) is 79.2 Å². The van der Waals surface area contributed by atoms with Crippen LogP contribution in [0.25, 0.3) is 0 Å². The molecule has 0 spiro atoms. The molecule has 1 atom stereocenters. The lowest BCUT2D eigenvalue weighted by Gasteiger charge is -2.32. The monoisotopic (exact) mass is 580 g/mol. The molecule has 3 amide bonds. The first kappa shape index (κ1) is 28.0. The van der Waals surface area contributed by atoms with Gasteiger partial charge in [-0.2, -0.15) is 4.37 Å². The van der Waals surface area contributed by atoms with Crippen molar-refractivity contribution in [3.63, 3.8) is 0 Å². The maximum absolute atomic E-state index is 14.3. The molecule has 2 aliphatic carbocycles. The molecule has 2 aliphatic rings. The summed E-state index contributed by atoms with van der Waals surface area (Å²) in [5, 5.41) is 6.65. The van der Waals surface area contributed by atoms with Crippen molar-refractivity contribution in [1.82, 2.24) is 20.0 Å². The fourth-order valence-electron chi connectivity index (χ4n) is 5.52. The van der Waals surface area contributed by atoms with Crippen LogP contribution in [-0.2, 0) is 4.79 Å². The van der Waals surface area contributed by atoms with Crippen LogP contribution in [0, 0.1) is 0 Å². The first-order valence-electron chi connectivity index (χ1n) is 13.8. The summed E-state index contributed by atoms with van der Waals surface area (Å²) in [6, 6.07) is 9.23. The number of hydrogen-bond donors (Lipinski definition) is 3. The maximum Gasteiger partial charge on any atom is 0.273 e. The van der Waals surface area contributed by atoms with Crippen LogP contribution in [0.15, 0.2) is 48.8 Å². The molecule has 4 N–H and O–H groups in total. The molecule has 2 saturated carbocycles. The van der Waals surface area contributed by atoms with Crippen molar-refractivity contribution < 1.29 is 14.4 Å². The third-order valence-electron chi connectivity index (χ3n) is 7.63. The summed E-state index contributed by atoms with van der Waals surface area (Å²) in [4.78, 5) is 46.8. The summed E-state index contributed by atoms with van der Waals surface area (Å²) in [6.07, 6.45) is 12.2. The molecule has 0 saturated heterocycles. The Hall–Kier alpha value is -3.50. The summed E-state index contributed by atoms with van der Waals surface area (Å²) in [5.41, 5.74) is 7.49. The number of anilines is 2. The smallest absolute Gasteiger partial charge is 0.273 e. The quantitative estimate of drug-likeness (QED) is 0.332. The Morgan fingerprint density at radius 1 is 0.900 bits per heavy atom. The molecular weight excluding hydrogens is 548 g/mol. The fraction of sp³-hybridized carbons (Fsp3) is 0.414. The van der Waals surface area contributed by atoms with Gasteiger partial charge in [-0.25, -0.2) is 0 Å². The van der Waals surface area contributed by atoms with Gasteiger partial charge in [0.2, 0.25) is 5.91 Å². The highest BCUT2D eigenvalue weighted by Crippen LogP contribution is 2.34. The molecule has 2 aromatic heterocycles. The van der Waals surface area contributed by atoms with Gasteiger partial charge in [0.05, 0.1) is 5.69 Å². The van der Waals surface area contributed by atoms with E-state index in [2.05, 4.69) is 20.0 Å². The van der Waals surface area contributed by atoms with Crippen LogP contribution in [0.5, 0.6) is 0 Å². The molecule has 40 heavy (non-hydrogen) atoms. The van der Waals surface area contributed by atoms with Crippen LogP contribution in [0.2, 0.25) is 5.02 Å². The zero-order valence-corrected chi connectivity index (χ0v) is 23.7. The Bertz CT molecular complexity index is 1340. The zero-order chi connectivity index (χ0) is 28.1. The lowest BCUT2D eigenvalue weighted by atomic mass is 9.95. The van der Waals surface area contributed by atoms with E-state index in [4.69, 9.17) is 17.3 Å². The Labute approximate surface area is 242 Å². The number of pyridine rings is 1. The summed E-state index contributed by atoms with van der Waals surface area (Å²) < 4.78 is 4.28. The van der Waals surface area contributed by atoms with Crippen molar-refractivity contribution in [2.75, 3.05) is 10.6 Å². The van der Waals surface area contributed by atoms with Gasteiger partial charge in [0, 0.05) is 35.2 Å². The van der Waals surface area contributed by atoms with Crippen LogP contribution >= 0.6 is 23.1 Å². The number of nitrogen functional groups attached to an aromatic ring is 1. The largest absolute Gasteiger partial charge is 0.395 e. The Kier molecular flexibility index (Phi) is 8.96. The standard InChI is InChI=1S/C29H33ClN6O3S/c30-19-10-12-22(13-11-19)36(25(18-14-16-32-17-15-18)28(38)34-21-8-4-5-9-21)29(39)26-23(31)24(35-40-26)27(37)33-20-6-2-1-3-7-20/h10-17,20-21,25H,1-9,31H2,(H,33,37)(H,34,38)/t25-/m1/s1. The molecule has 1 aromatic carbocycles. The average Bonchev–Trinajstić information content (AvgIpc) is 3.62. The van der Waals surface area contributed by atoms with E-state index in [-0.39, 0.29) is 40.2 Å². The summed E-state index contributed by atoms with van der Waals surface area (Å²) in [6.45, 7) is 0. The third kappa shape index (κ3) is 6.28. The van der Waals surface area contributed by atoms with Gasteiger partial charge < -0.3 is 16.4 Å². The van der Waals surface area contributed by atoms with Crippen LogP contribution < -0.4 is 21.3 Å². The zero-order valence-electron chi connectivity index (χ0n) is 22.1. The molecule has 0 radical (unpaired) electrons. The molecule has 0 aliphatic heterocycles. The predicted octanol–water partition coefficient (Wildman–Crippen LogP) is 5.28. The van der Waals surface area contributed by atoms with E-state index in [9.17, 15) is 14.4 Å². The lowest BCUT2D eigenvalue weighted by molar-refractivity contribution is -0.123. The second-order valence-electron chi connectivity index (χ2n) is 10.4. The van der Waals surface area contributed by atoms with Crippen molar-refractivity contribution in [1.29, 1.82) is 0 Å². The first-order valence-corrected chi connectivity index (χ1v) is 14.9. The molecule has 2 heterocycles. The van der Waals surface area contributed by atoms with E-state index in [0.29, 0.717) is 16.3 Å². The molecule has 11 heteroatoms. The highest BCUT2D eigenvalue weighted by atomic mass is 35.5. The average molecular weight is 581 g/mol. The van der Waals surface area contributed by atoms with E-state index in [1.165, 1.54) is 4.90 Å². The van der Waals surface area contributed by atoms with E-state index in [0.717, 1.165) is 69.3 Å². The SMILES string of the molecule is Nc1c(C(=O)NC2CCCCC2)nsc1C(=O)N(c1ccc(Cl)cc1)[C@@H](C(=O)NC1CCCC1)c1ccncc1. The Morgan fingerprint density at radius 3 is 2.15 bits per heavy atom. The minimum Gasteiger partial charge on any atom is -0.395 e. The van der Waals surface area contributed by atoms with Crippen LogP contribution in [0.1, 0.15) is 89.6 Å². The number of halogens is 1. The van der Waals surface area contributed by atoms with Crippen LogP contribution in [-0.4, -0.2) is 39.2 Å². The summed E-state index contributed by atoms with van der Waals surface area (Å²) in [7, 11) is 0. The van der Waals surface area contributed by atoms with Crippen molar-refractivity contribution in [2.24, 2.45) is 0 Å². The highest BCUT2D eigenvalue weighted by Gasteiger charge is 2.37. The van der Waals surface area contributed by atoms with Gasteiger partial charge in [-0.15, -0.1) is 0 Å². The lowest BCUT2D eigenvalue weighted by Crippen LogP contribution is -2.46. The molecule has 9 nitrogen and oxygen atoms in total. The Balaban J connectivity index is 1.51. The molecule has 0 unspecified atom stereocenters. The normalized spacial score (nSPS) is 16.8. The van der Waals surface area contributed by atoms with E-state index in [1.54, 1.807) is 48.8 Å². The van der Waals surface area contributed by atoms with Gasteiger partial charge in [-0.3, -0.25) is 24.3 Å². The molecule has 2 fully saturated rings. The second-order valence-corrected chi connectivity index (χ2v) is 11.6. The van der Waals surface area contributed by atoms with Gasteiger partial charge in [0.25, 0.3) is 11.8 Å².